The number of fused-ring (bicyclic) bond motifs is 1. The molecule has 1 aliphatic rings. The van der Waals surface area contributed by atoms with Gasteiger partial charge >= 0.3 is 0 Å². The first kappa shape index (κ1) is 30.2. The monoisotopic (exact) mass is 580 g/mol. The van der Waals surface area contributed by atoms with Crippen molar-refractivity contribution in [2.45, 2.75) is 44.2 Å². The quantitative estimate of drug-likeness (QED) is 0.419. The fourth-order valence-electron chi connectivity index (χ4n) is 4.67. The molecule has 2 aromatic carbocycles. The molecule has 2 N–H and O–H groups in total. The van der Waals surface area contributed by atoms with E-state index in [1.54, 1.807) is 66.4 Å². The highest BCUT2D eigenvalue weighted by molar-refractivity contribution is 7.89. The number of anilines is 1. The standard InChI is InChI=1S/C30H36N4O6S/c1-20-5-8-26(9-6-20)41(38,39)33(4)18-28-21(2)17-34(22(3)19-35)29(36)16-24-15-25(7-10-27(24)40-28)32-30(37)23-11-13-31-14-12-23/h5-15,21-22,28,35H,16-19H2,1-4H3,(H,32,37)/t21-,22+,28+/m0/s1. The molecule has 3 aromatic rings. The van der Waals surface area contributed by atoms with Crippen LogP contribution in [0, 0.1) is 12.8 Å². The van der Waals surface area contributed by atoms with Crippen LogP contribution in [-0.2, 0) is 21.2 Å². The summed E-state index contributed by atoms with van der Waals surface area (Å²) in [6, 6.07) is 14.5. The molecule has 10 nitrogen and oxygen atoms in total. The van der Waals surface area contributed by atoms with Crippen LogP contribution in [0.15, 0.2) is 71.9 Å². The van der Waals surface area contributed by atoms with Crippen LogP contribution in [0.5, 0.6) is 5.75 Å². The molecule has 0 bridgehead atoms. The minimum atomic E-state index is -3.80. The van der Waals surface area contributed by atoms with Crippen LogP contribution in [-0.4, -0.2) is 78.4 Å². The number of benzene rings is 2. The number of ether oxygens (including phenoxy) is 1. The number of aliphatic hydroxyl groups excluding tert-OH is 1. The number of aryl methyl sites for hydroxylation is 1. The molecule has 1 aromatic heterocycles. The summed E-state index contributed by atoms with van der Waals surface area (Å²) >= 11 is 0. The lowest BCUT2D eigenvalue weighted by molar-refractivity contribution is -0.134. The van der Waals surface area contributed by atoms with Crippen molar-refractivity contribution in [3.05, 3.63) is 83.7 Å². The Bertz CT molecular complexity index is 1480. The molecule has 0 saturated carbocycles. The van der Waals surface area contributed by atoms with Gasteiger partial charge in [-0.15, -0.1) is 0 Å². The van der Waals surface area contributed by atoms with Gasteiger partial charge in [-0.05, 0) is 56.3 Å². The van der Waals surface area contributed by atoms with Gasteiger partial charge < -0.3 is 20.1 Å². The highest BCUT2D eigenvalue weighted by Crippen LogP contribution is 2.30. The number of nitrogens with zero attached hydrogens (tertiary/aromatic N) is 3. The molecule has 1 aliphatic heterocycles. The van der Waals surface area contributed by atoms with E-state index in [9.17, 15) is 23.1 Å². The summed E-state index contributed by atoms with van der Waals surface area (Å²) < 4.78 is 34.4. The lowest BCUT2D eigenvalue weighted by Gasteiger charge is -2.33. The topological polar surface area (TPSA) is 129 Å². The van der Waals surface area contributed by atoms with Gasteiger partial charge in [0.2, 0.25) is 15.9 Å². The molecule has 4 rings (SSSR count). The number of aliphatic hydroxyl groups is 1. The number of carbonyl (C=O) groups is 2. The smallest absolute Gasteiger partial charge is 0.255 e. The van der Waals surface area contributed by atoms with Gasteiger partial charge in [0.05, 0.1) is 30.5 Å². The van der Waals surface area contributed by atoms with Crippen molar-refractivity contribution in [1.82, 2.24) is 14.2 Å². The molecule has 41 heavy (non-hydrogen) atoms. The third kappa shape index (κ3) is 7.10. The maximum absolute atomic E-state index is 13.4. The van der Waals surface area contributed by atoms with Gasteiger partial charge in [0.1, 0.15) is 11.9 Å². The average molecular weight is 581 g/mol. The maximum Gasteiger partial charge on any atom is 0.255 e. The van der Waals surface area contributed by atoms with E-state index < -0.39 is 22.2 Å². The van der Waals surface area contributed by atoms with Gasteiger partial charge in [0, 0.05) is 48.7 Å². The lowest BCUT2D eigenvalue weighted by atomic mass is 10.0. The first-order valence-electron chi connectivity index (χ1n) is 13.4. The first-order valence-corrected chi connectivity index (χ1v) is 14.9. The number of sulfonamides is 1. The third-order valence-corrected chi connectivity index (χ3v) is 9.12. The molecule has 3 atom stereocenters. The zero-order valence-corrected chi connectivity index (χ0v) is 24.5. The molecule has 0 radical (unpaired) electrons. The Kier molecular flexibility index (Phi) is 9.42. The van der Waals surface area contributed by atoms with Crippen molar-refractivity contribution < 1.29 is 27.9 Å². The first-order chi connectivity index (χ1) is 19.5. The minimum absolute atomic E-state index is 0.0183. The molecule has 0 saturated heterocycles. The summed E-state index contributed by atoms with van der Waals surface area (Å²) in [4.78, 5) is 31.9. The predicted octanol–water partition coefficient (Wildman–Crippen LogP) is 3.11. The number of hydrogen-bond donors (Lipinski definition) is 2. The Morgan fingerprint density at radius 2 is 1.85 bits per heavy atom. The molecule has 218 valence electrons. The number of rotatable bonds is 8. The molecule has 11 heteroatoms. The van der Waals surface area contributed by atoms with Gasteiger partial charge in [0.15, 0.2) is 0 Å². The van der Waals surface area contributed by atoms with E-state index in [0.29, 0.717) is 22.6 Å². The van der Waals surface area contributed by atoms with E-state index in [2.05, 4.69) is 10.3 Å². The second kappa shape index (κ2) is 12.8. The second-order valence-electron chi connectivity index (χ2n) is 10.5. The number of amides is 2. The molecular weight excluding hydrogens is 544 g/mol. The normalized spacial score (nSPS) is 18.5. The Balaban J connectivity index is 1.65. The number of nitrogens with one attached hydrogen (secondary N) is 1. The zero-order chi connectivity index (χ0) is 29.7. The number of carbonyl (C=O) groups excluding carboxylic acids is 2. The number of likely N-dealkylation sites (N-methyl/N-ethyl adjacent to an activating group) is 1. The largest absolute Gasteiger partial charge is 0.488 e. The highest BCUT2D eigenvalue weighted by atomic mass is 32.2. The van der Waals surface area contributed by atoms with E-state index in [1.165, 1.54) is 23.7 Å². The van der Waals surface area contributed by atoms with Crippen molar-refractivity contribution >= 4 is 27.5 Å². The maximum atomic E-state index is 13.4. The van der Waals surface area contributed by atoms with Crippen molar-refractivity contribution in [3.63, 3.8) is 0 Å². The van der Waals surface area contributed by atoms with Gasteiger partial charge in [-0.25, -0.2) is 8.42 Å². The number of pyridine rings is 1. The Hall–Kier alpha value is -3.80. The van der Waals surface area contributed by atoms with E-state index in [0.717, 1.165) is 5.56 Å². The summed E-state index contributed by atoms with van der Waals surface area (Å²) in [6.07, 6.45) is 2.42. The van der Waals surface area contributed by atoms with Crippen molar-refractivity contribution in [2.24, 2.45) is 5.92 Å². The number of hydrogen-bond acceptors (Lipinski definition) is 7. The zero-order valence-electron chi connectivity index (χ0n) is 23.6. The van der Waals surface area contributed by atoms with Gasteiger partial charge in [-0.2, -0.15) is 4.31 Å². The highest BCUT2D eigenvalue weighted by Gasteiger charge is 2.33. The lowest BCUT2D eigenvalue weighted by Crippen LogP contribution is -2.48. The van der Waals surface area contributed by atoms with Crippen LogP contribution in [0.4, 0.5) is 5.69 Å². The summed E-state index contributed by atoms with van der Waals surface area (Å²) in [7, 11) is -2.29. The molecule has 0 aliphatic carbocycles. The van der Waals surface area contributed by atoms with Crippen molar-refractivity contribution in [3.8, 4) is 5.75 Å². The van der Waals surface area contributed by atoms with E-state index >= 15 is 0 Å². The van der Waals surface area contributed by atoms with Crippen molar-refractivity contribution in [1.29, 1.82) is 0 Å². The van der Waals surface area contributed by atoms with Crippen LogP contribution in [0.25, 0.3) is 0 Å². The fourth-order valence-corrected chi connectivity index (χ4v) is 5.86. The molecule has 0 spiro atoms. The summed E-state index contributed by atoms with van der Waals surface area (Å²) in [5.41, 5.74) is 2.41. The van der Waals surface area contributed by atoms with Crippen LogP contribution in [0.1, 0.15) is 35.3 Å². The summed E-state index contributed by atoms with van der Waals surface area (Å²) in [5.74, 6) is -0.382. The van der Waals surface area contributed by atoms with Crippen molar-refractivity contribution in [2.75, 3.05) is 32.1 Å². The third-order valence-electron chi connectivity index (χ3n) is 7.28. The fraction of sp³-hybridized carbons (Fsp3) is 0.367. The predicted molar refractivity (Wildman–Crippen MR) is 155 cm³/mol. The van der Waals surface area contributed by atoms with Crippen LogP contribution < -0.4 is 10.1 Å². The molecule has 2 heterocycles. The SMILES string of the molecule is Cc1ccc(S(=O)(=O)N(C)C[C@H]2Oc3ccc(NC(=O)c4ccncc4)cc3CC(=O)N([C@H](C)CO)C[C@@H]2C)cc1. The second-order valence-corrected chi connectivity index (χ2v) is 12.5. The Labute approximate surface area is 241 Å². The Morgan fingerprint density at radius 1 is 1.17 bits per heavy atom. The molecular formula is C30H36N4O6S. The van der Waals surface area contributed by atoms with E-state index in [-0.39, 0.29) is 48.7 Å². The molecule has 0 unspecified atom stereocenters. The van der Waals surface area contributed by atoms with Crippen LogP contribution >= 0.6 is 0 Å². The van der Waals surface area contributed by atoms with Gasteiger partial charge in [-0.3, -0.25) is 14.6 Å². The van der Waals surface area contributed by atoms with Gasteiger partial charge in [0.25, 0.3) is 5.91 Å². The number of aromatic nitrogens is 1. The Morgan fingerprint density at radius 3 is 2.51 bits per heavy atom. The van der Waals surface area contributed by atoms with Gasteiger partial charge in [-0.1, -0.05) is 24.6 Å². The average Bonchev–Trinajstić information content (AvgIpc) is 3.00. The molecule has 0 fully saturated rings. The molecule has 2 amide bonds. The van der Waals surface area contributed by atoms with E-state index in [1.807, 2.05) is 13.8 Å². The summed E-state index contributed by atoms with van der Waals surface area (Å²) in [5, 5.41) is 12.7. The van der Waals surface area contributed by atoms with E-state index in [4.69, 9.17) is 4.74 Å². The van der Waals surface area contributed by atoms with Crippen LogP contribution in [0.2, 0.25) is 0 Å². The summed E-state index contributed by atoms with van der Waals surface area (Å²) in [6.45, 7) is 5.63. The van der Waals surface area contributed by atoms with Crippen LogP contribution in [0.3, 0.4) is 0 Å². The minimum Gasteiger partial charge on any atom is -0.488 e.